The van der Waals surface area contributed by atoms with E-state index < -0.39 is 0 Å². The van der Waals surface area contributed by atoms with Crippen LogP contribution >= 0.6 is 0 Å². The van der Waals surface area contributed by atoms with E-state index in [1.54, 1.807) is 0 Å². The largest absolute Gasteiger partial charge is 0.396 e. The second-order valence-corrected chi connectivity index (χ2v) is 6.19. The summed E-state index contributed by atoms with van der Waals surface area (Å²) < 4.78 is 5.68. The van der Waals surface area contributed by atoms with Gasteiger partial charge in [-0.2, -0.15) is 0 Å². The summed E-state index contributed by atoms with van der Waals surface area (Å²) in [7, 11) is 0. The van der Waals surface area contributed by atoms with E-state index in [1.807, 2.05) is 18.7 Å². The molecular weight excluding hydrogens is 256 g/mol. The molecule has 1 aliphatic heterocycles. The Kier molecular flexibility index (Phi) is 5.81. The molecule has 1 saturated carbocycles. The highest BCUT2D eigenvalue weighted by atomic mass is 16.5. The van der Waals surface area contributed by atoms with Crippen molar-refractivity contribution in [2.24, 2.45) is 0 Å². The molecule has 2 rings (SSSR count). The highest BCUT2D eigenvalue weighted by Crippen LogP contribution is 2.25. The number of rotatable bonds is 6. The fourth-order valence-corrected chi connectivity index (χ4v) is 3.07. The first-order valence-electron chi connectivity index (χ1n) is 7.88. The van der Waals surface area contributed by atoms with E-state index in [-0.39, 0.29) is 24.7 Å². The third-order valence-corrected chi connectivity index (χ3v) is 4.31. The summed E-state index contributed by atoms with van der Waals surface area (Å²) in [5.41, 5.74) is 0. The second-order valence-electron chi connectivity index (χ2n) is 6.19. The predicted molar refractivity (Wildman–Crippen MR) is 77.5 cm³/mol. The van der Waals surface area contributed by atoms with Gasteiger partial charge in [0, 0.05) is 32.3 Å². The number of carbonyl (C=O) groups is 1. The lowest BCUT2D eigenvalue weighted by atomic mass is 9.91. The lowest BCUT2D eigenvalue weighted by Crippen LogP contribution is -2.53. The quantitative estimate of drug-likeness (QED) is 0.786. The van der Waals surface area contributed by atoms with E-state index in [9.17, 15) is 4.79 Å². The summed E-state index contributed by atoms with van der Waals surface area (Å²) in [6.07, 6.45) is 4.64. The molecule has 1 amide bonds. The highest BCUT2D eigenvalue weighted by molar-refractivity contribution is 5.78. The molecule has 2 unspecified atom stereocenters. The van der Waals surface area contributed by atoms with Gasteiger partial charge < -0.3 is 14.7 Å². The standard InChI is InChI=1S/C15H28N2O3/c1-12-9-17(10-13(2)20-12)15(19)11-16(7-4-8-18)14-5-3-6-14/h12-14,18H,3-11H2,1-2H3. The van der Waals surface area contributed by atoms with Crippen LogP contribution < -0.4 is 0 Å². The minimum absolute atomic E-state index is 0.122. The number of ether oxygens (including phenoxy) is 1. The Morgan fingerprint density at radius 3 is 2.45 bits per heavy atom. The normalized spacial score (nSPS) is 27.7. The number of nitrogens with zero attached hydrogens (tertiary/aromatic N) is 2. The predicted octanol–water partition coefficient (Wildman–Crippen LogP) is 0.859. The lowest BCUT2D eigenvalue weighted by molar-refractivity contribution is -0.145. The number of aliphatic hydroxyl groups excluding tert-OH is 1. The number of amides is 1. The smallest absolute Gasteiger partial charge is 0.236 e. The Bertz CT molecular complexity index is 310. The van der Waals surface area contributed by atoms with Crippen molar-refractivity contribution in [1.82, 2.24) is 9.80 Å². The molecule has 0 bridgehead atoms. The fourth-order valence-electron chi connectivity index (χ4n) is 3.07. The van der Waals surface area contributed by atoms with Crippen molar-refractivity contribution < 1.29 is 14.6 Å². The summed E-state index contributed by atoms with van der Waals surface area (Å²) in [5.74, 6) is 0.205. The molecule has 1 heterocycles. The van der Waals surface area contributed by atoms with E-state index in [2.05, 4.69) is 4.90 Å². The molecule has 2 aliphatic rings. The molecule has 20 heavy (non-hydrogen) atoms. The maximum atomic E-state index is 12.5. The van der Waals surface area contributed by atoms with Gasteiger partial charge in [-0.3, -0.25) is 9.69 Å². The van der Waals surface area contributed by atoms with E-state index in [4.69, 9.17) is 9.84 Å². The van der Waals surface area contributed by atoms with Crippen LogP contribution in [-0.2, 0) is 9.53 Å². The first kappa shape index (κ1) is 15.7. The molecule has 2 fully saturated rings. The maximum absolute atomic E-state index is 12.5. The van der Waals surface area contributed by atoms with Crippen LogP contribution in [0.25, 0.3) is 0 Å². The van der Waals surface area contributed by atoms with E-state index in [0.717, 1.165) is 13.0 Å². The average molecular weight is 284 g/mol. The van der Waals surface area contributed by atoms with Crippen LogP contribution in [0.4, 0.5) is 0 Å². The summed E-state index contributed by atoms with van der Waals surface area (Å²) >= 11 is 0. The van der Waals surface area contributed by atoms with Gasteiger partial charge in [-0.25, -0.2) is 0 Å². The molecule has 5 nitrogen and oxygen atoms in total. The molecule has 1 aliphatic carbocycles. The molecule has 1 saturated heterocycles. The minimum atomic E-state index is 0.122. The molecule has 1 N–H and O–H groups in total. The Morgan fingerprint density at radius 2 is 1.95 bits per heavy atom. The van der Waals surface area contributed by atoms with Crippen LogP contribution in [-0.4, -0.2) is 71.8 Å². The van der Waals surface area contributed by atoms with Crippen molar-refractivity contribution in [1.29, 1.82) is 0 Å². The Balaban J connectivity index is 1.86. The number of hydrogen-bond acceptors (Lipinski definition) is 4. The van der Waals surface area contributed by atoms with Gasteiger partial charge in [-0.1, -0.05) is 6.42 Å². The zero-order chi connectivity index (χ0) is 14.5. The molecule has 0 spiro atoms. The molecule has 0 aromatic rings. The highest BCUT2D eigenvalue weighted by Gasteiger charge is 2.30. The molecule has 116 valence electrons. The summed E-state index contributed by atoms with van der Waals surface area (Å²) in [5, 5.41) is 9.00. The van der Waals surface area contributed by atoms with Crippen LogP contribution in [0.2, 0.25) is 0 Å². The van der Waals surface area contributed by atoms with Crippen molar-refractivity contribution in [2.45, 2.75) is 57.8 Å². The van der Waals surface area contributed by atoms with Gasteiger partial charge in [0.1, 0.15) is 0 Å². The van der Waals surface area contributed by atoms with Crippen molar-refractivity contribution in [3.8, 4) is 0 Å². The lowest BCUT2D eigenvalue weighted by Gasteiger charge is -2.40. The number of carbonyl (C=O) groups excluding carboxylic acids is 1. The van der Waals surface area contributed by atoms with Crippen molar-refractivity contribution >= 4 is 5.91 Å². The van der Waals surface area contributed by atoms with E-state index in [0.29, 0.717) is 25.7 Å². The van der Waals surface area contributed by atoms with Gasteiger partial charge in [-0.15, -0.1) is 0 Å². The van der Waals surface area contributed by atoms with Crippen molar-refractivity contribution in [3.05, 3.63) is 0 Å². The van der Waals surface area contributed by atoms with Crippen LogP contribution in [0, 0.1) is 0 Å². The fraction of sp³-hybridized carbons (Fsp3) is 0.933. The van der Waals surface area contributed by atoms with E-state index in [1.165, 1.54) is 19.3 Å². The first-order valence-corrected chi connectivity index (χ1v) is 7.88. The van der Waals surface area contributed by atoms with Gasteiger partial charge in [0.05, 0.1) is 18.8 Å². The summed E-state index contributed by atoms with van der Waals surface area (Å²) in [6.45, 7) is 6.94. The Morgan fingerprint density at radius 1 is 1.30 bits per heavy atom. The monoisotopic (exact) mass is 284 g/mol. The molecule has 0 radical (unpaired) electrons. The molecule has 2 atom stereocenters. The Hall–Kier alpha value is -0.650. The van der Waals surface area contributed by atoms with Gasteiger partial charge >= 0.3 is 0 Å². The Labute approximate surface area is 121 Å². The second kappa shape index (κ2) is 7.38. The number of morpholine rings is 1. The molecule has 0 aromatic carbocycles. The molecular formula is C15H28N2O3. The SMILES string of the molecule is CC1CN(C(=O)CN(CCCO)C2CCC2)CC(C)O1. The third-order valence-electron chi connectivity index (χ3n) is 4.31. The van der Waals surface area contributed by atoms with Gasteiger partial charge in [0.2, 0.25) is 5.91 Å². The number of aliphatic hydroxyl groups is 1. The van der Waals surface area contributed by atoms with Gasteiger partial charge in [-0.05, 0) is 33.1 Å². The maximum Gasteiger partial charge on any atom is 0.236 e. The summed E-state index contributed by atoms with van der Waals surface area (Å²) in [6, 6.07) is 0.543. The van der Waals surface area contributed by atoms with E-state index >= 15 is 0 Å². The van der Waals surface area contributed by atoms with Crippen LogP contribution in [0.5, 0.6) is 0 Å². The zero-order valence-corrected chi connectivity index (χ0v) is 12.8. The third kappa shape index (κ3) is 4.17. The zero-order valence-electron chi connectivity index (χ0n) is 12.8. The number of hydrogen-bond donors (Lipinski definition) is 1. The first-order chi connectivity index (χ1) is 9.60. The van der Waals surface area contributed by atoms with Crippen molar-refractivity contribution in [3.63, 3.8) is 0 Å². The molecule has 0 aromatic heterocycles. The van der Waals surface area contributed by atoms with Gasteiger partial charge in [0.15, 0.2) is 0 Å². The van der Waals surface area contributed by atoms with Crippen LogP contribution in [0.15, 0.2) is 0 Å². The van der Waals surface area contributed by atoms with Crippen molar-refractivity contribution in [2.75, 3.05) is 32.8 Å². The van der Waals surface area contributed by atoms with Gasteiger partial charge in [0.25, 0.3) is 0 Å². The molecule has 5 heteroatoms. The average Bonchev–Trinajstić information content (AvgIpc) is 2.32. The topological polar surface area (TPSA) is 53.0 Å². The summed E-state index contributed by atoms with van der Waals surface area (Å²) in [4.78, 5) is 16.7. The van der Waals surface area contributed by atoms with Crippen LogP contribution in [0.3, 0.4) is 0 Å². The minimum Gasteiger partial charge on any atom is -0.396 e. The van der Waals surface area contributed by atoms with Crippen LogP contribution in [0.1, 0.15) is 39.5 Å².